The maximum absolute atomic E-state index is 5.61. The third-order valence-electron chi connectivity index (χ3n) is 3.57. The van der Waals surface area contributed by atoms with E-state index < -0.39 is 0 Å². The molecule has 0 amide bonds. The molecule has 21 heavy (non-hydrogen) atoms. The van der Waals surface area contributed by atoms with Crippen molar-refractivity contribution in [3.05, 3.63) is 48.2 Å². The Morgan fingerprint density at radius 3 is 2.95 bits per heavy atom. The fourth-order valence-electron chi connectivity index (χ4n) is 2.51. The Bertz CT molecular complexity index is 782. The second-order valence-electron chi connectivity index (χ2n) is 4.97. The number of rotatable bonds is 3. The van der Waals surface area contributed by atoms with Gasteiger partial charge in [-0.2, -0.15) is 5.10 Å². The third-order valence-corrected chi connectivity index (χ3v) is 3.57. The Morgan fingerprint density at radius 2 is 2.00 bits per heavy atom. The summed E-state index contributed by atoms with van der Waals surface area (Å²) in [5.74, 6) is 1.64. The molecule has 1 aliphatic rings. The third kappa shape index (κ3) is 2.27. The molecule has 0 fully saturated rings. The number of nitrogens with zero attached hydrogens (tertiary/aromatic N) is 1. The van der Waals surface area contributed by atoms with Gasteiger partial charge < -0.3 is 14.8 Å². The van der Waals surface area contributed by atoms with E-state index in [0.717, 1.165) is 40.2 Å². The van der Waals surface area contributed by atoms with E-state index in [2.05, 4.69) is 15.5 Å². The highest BCUT2D eigenvalue weighted by Crippen LogP contribution is 2.31. The van der Waals surface area contributed by atoms with Gasteiger partial charge in [-0.3, -0.25) is 5.10 Å². The van der Waals surface area contributed by atoms with Crippen LogP contribution in [0, 0.1) is 0 Å². The van der Waals surface area contributed by atoms with E-state index in [1.54, 1.807) is 0 Å². The summed E-state index contributed by atoms with van der Waals surface area (Å²) in [4.78, 5) is 0. The van der Waals surface area contributed by atoms with Gasteiger partial charge in [0, 0.05) is 11.9 Å². The average molecular weight is 281 g/mol. The second kappa shape index (κ2) is 5.01. The molecule has 106 valence electrons. The van der Waals surface area contributed by atoms with Crippen LogP contribution in [-0.2, 0) is 6.54 Å². The van der Waals surface area contributed by atoms with E-state index in [1.807, 2.05) is 42.6 Å². The Kier molecular flexibility index (Phi) is 2.88. The fourth-order valence-corrected chi connectivity index (χ4v) is 2.51. The van der Waals surface area contributed by atoms with Crippen molar-refractivity contribution in [3.8, 4) is 11.5 Å². The summed E-state index contributed by atoms with van der Waals surface area (Å²) in [6, 6.07) is 12.1. The molecule has 2 aromatic carbocycles. The number of anilines is 1. The molecule has 0 atom stereocenters. The van der Waals surface area contributed by atoms with Crippen molar-refractivity contribution in [1.29, 1.82) is 0 Å². The summed E-state index contributed by atoms with van der Waals surface area (Å²) in [7, 11) is 0. The van der Waals surface area contributed by atoms with E-state index in [-0.39, 0.29) is 0 Å². The molecule has 0 aliphatic carbocycles. The monoisotopic (exact) mass is 281 g/mol. The molecule has 0 radical (unpaired) electrons. The predicted octanol–water partition coefficient (Wildman–Crippen LogP) is 2.95. The zero-order valence-corrected chi connectivity index (χ0v) is 11.4. The molecule has 2 N–H and O–H groups in total. The van der Waals surface area contributed by atoms with Crippen LogP contribution in [0.5, 0.6) is 11.5 Å². The molecule has 0 bridgehead atoms. The first kappa shape index (κ1) is 12.1. The minimum absolute atomic E-state index is 0.608. The van der Waals surface area contributed by atoms with Gasteiger partial charge in [0.15, 0.2) is 11.5 Å². The van der Waals surface area contributed by atoms with Gasteiger partial charge in [0.1, 0.15) is 13.2 Å². The van der Waals surface area contributed by atoms with Crippen LogP contribution in [0.4, 0.5) is 5.69 Å². The molecular weight excluding hydrogens is 266 g/mol. The van der Waals surface area contributed by atoms with Crippen LogP contribution in [0.1, 0.15) is 5.56 Å². The van der Waals surface area contributed by atoms with Gasteiger partial charge >= 0.3 is 0 Å². The summed E-state index contributed by atoms with van der Waals surface area (Å²) < 4.78 is 11.1. The molecule has 1 aromatic heterocycles. The van der Waals surface area contributed by atoms with Crippen LogP contribution in [0.15, 0.2) is 42.6 Å². The summed E-state index contributed by atoms with van der Waals surface area (Å²) in [6.45, 7) is 1.94. The zero-order chi connectivity index (χ0) is 14.1. The highest BCUT2D eigenvalue weighted by molar-refractivity contribution is 5.89. The Hall–Kier alpha value is -2.69. The number of H-pyrrole nitrogens is 1. The molecule has 2 heterocycles. The van der Waals surface area contributed by atoms with Crippen molar-refractivity contribution in [2.45, 2.75) is 6.54 Å². The highest BCUT2D eigenvalue weighted by atomic mass is 16.6. The maximum atomic E-state index is 5.61. The van der Waals surface area contributed by atoms with Crippen LogP contribution in [0.25, 0.3) is 10.9 Å². The van der Waals surface area contributed by atoms with Crippen molar-refractivity contribution < 1.29 is 9.47 Å². The van der Waals surface area contributed by atoms with Gasteiger partial charge in [-0.1, -0.05) is 18.2 Å². The summed E-state index contributed by atoms with van der Waals surface area (Å²) >= 11 is 0. The quantitative estimate of drug-likeness (QED) is 0.775. The summed E-state index contributed by atoms with van der Waals surface area (Å²) in [6.07, 6.45) is 1.82. The standard InChI is InChI=1S/C16H15N3O2/c1-2-12-10-18-19-16(12)13(3-1)17-9-11-4-5-14-15(8-11)21-7-6-20-14/h1-5,8,10,17H,6-7,9H2,(H,18,19). The van der Waals surface area contributed by atoms with Gasteiger partial charge in [-0.15, -0.1) is 0 Å². The molecule has 4 rings (SSSR count). The predicted molar refractivity (Wildman–Crippen MR) is 80.9 cm³/mol. The topological polar surface area (TPSA) is 59.2 Å². The van der Waals surface area contributed by atoms with Crippen LogP contribution in [0.2, 0.25) is 0 Å². The minimum atomic E-state index is 0.608. The fraction of sp³-hybridized carbons (Fsp3) is 0.188. The number of hydrogen-bond donors (Lipinski definition) is 2. The number of para-hydroxylation sites is 1. The molecular formula is C16H15N3O2. The molecule has 5 nitrogen and oxygen atoms in total. The number of ether oxygens (including phenoxy) is 2. The van der Waals surface area contributed by atoms with Crippen molar-refractivity contribution in [3.63, 3.8) is 0 Å². The number of fused-ring (bicyclic) bond motifs is 2. The molecule has 0 unspecified atom stereocenters. The first-order valence-electron chi connectivity index (χ1n) is 6.95. The molecule has 3 aromatic rings. The Balaban J connectivity index is 1.55. The van der Waals surface area contributed by atoms with Crippen LogP contribution in [-0.4, -0.2) is 23.4 Å². The van der Waals surface area contributed by atoms with Crippen molar-refractivity contribution >= 4 is 16.6 Å². The number of nitrogens with one attached hydrogen (secondary N) is 2. The van der Waals surface area contributed by atoms with Crippen LogP contribution >= 0.6 is 0 Å². The van der Waals surface area contributed by atoms with Crippen LogP contribution < -0.4 is 14.8 Å². The number of benzene rings is 2. The molecule has 0 saturated carbocycles. The smallest absolute Gasteiger partial charge is 0.161 e. The molecule has 5 heteroatoms. The van der Waals surface area contributed by atoms with Crippen molar-refractivity contribution in [2.24, 2.45) is 0 Å². The van der Waals surface area contributed by atoms with Gasteiger partial charge in [0.25, 0.3) is 0 Å². The van der Waals surface area contributed by atoms with Crippen molar-refractivity contribution in [1.82, 2.24) is 10.2 Å². The minimum Gasteiger partial charge on any atom is -0.486 e. The lowest BCUT2D eigenvalue weighted by molar-refractivity contribution is 0.171. The Morgan fingerprint density at radius 1 is 1.10 bits per heavy atom. The maximum Gasteiger partial charge on any atom is 0.161 e. The van der Waals surface area contributed by atoms with Gasteiger partial charge in [0.2, 0.25) is 0 Å². The van der Waals surface area contributed by atoms with E-state index in [9.17, 15) is 0 Å². The Labute approximate surface area is 121 Å². The van der Waals surface area contributed by atoms with Crippen LogP contribution in [0.3, 0.4) is 0 Å². The zero-order valence-electron chi connectivity index (χ0n) is 11.4. The second-order valence-corrected chi connectivity index (χ2v) is 4.97. The van der Waals surface area contributed by atoms with Gasteiger partial charge in [0.05, 0.1) is 17.4 Å². The lowest BCUT2D eigenvalue weighted by atomic mass is 10.1. The van der Waals surface area contributed by atoms with Crippen molar-refractivity contribution in [2.75, 3.05) is 18.5 Å². The van der Waals surface area contributed by atoms with Gasteiger partial charge in [-0.25, -0.2) is 0 Å². The molecule has 0 saturated heterocycles. The van der Waals surface area contributed by atoms with E-state index in [4.69, 9.17) is 9.47 Å². The number of hydrogen-bond acceptors (Lipinski definition) is 4. The lowest BCUT2D eigenvalue weighted by Crippen LogP contribution is -2.15. The largest absolute Gasteiger partial charge is 0.486 e. The lowest BCUT2D eigenvalue weighted by Gasteiger charge is -2.19. The number of aromatic nitrogens is 2. The summed E-state index contributed by atoms with van der Waals surface area (Å²) in [5, 5.41) is 11.6. The van der Waals surface area contributed by atoms with E-state index in [0.29, 0.717) is 13.2 Å². The normalized spacial score (nSPS) is 13.3. The number of aromatic amines is 1. The summed E-state index contributed by atoms with van der Waals surface area (Å²) in [5.41, 5.74) is 3.21. The molecule has 1 aliphatic heterocycles. The highest BCUT2D eigenvalue weighted by Gasteiger charge is 2.11. The van der Waals surface area contributed by atoms with E-state index >= 15 is 0 Å². The molecule has 0 spiro atoms. The van der Waals surface area contributed by atoms with Gasteiger partial charge in [-0.05, 0) is 23.8 Å². The first-order valence-corrected chi connectivity index (χ1v) is 6.95. The average Bonchev–Trinajstić information content (AvgIpc) is 3.02. The SMILES string of the molecule is c1cc(NCc2ccc3c(c2)OCCO3)c2[nH]ncc2c1. The first-order chi connectivity index (χ1) is 10.4. The van der Waals surface area contributed by atoms with E-state index in [1.165, 1.54) is 0 Å².